The Morgan fingerprint density at radius 2 is 1.89 bits per heavy atom. The van der Waals surface area contributed by atoms with Crippen LogP contribution in [0.2, 0.25) is 0 Å². The molecule has 19 heavy (non-hydrogen) atoms. The first kappa shape index (κ1) is 14.9. The molecule has 0 saturated heterocycles. The predicted molar refractivity (Wildman–Crippen MR) is 75.2 cm³/mol. The number of carbonyl (C=O) groups excluding carboxylic acids is 1. The minimum absolute atomic E-state index is 0.271. The fourth-order valence-corrected chi connectivity index (χ4v) is 1.38. The van der Waals surface area contributed by atoms with Crippen molar-refractivity contribution in [3.63, 3.8) is 0 Å². The highest BCUT2D eigenvalue weighted by Gasteiger charge is 2.06. The molecule has 0 bridgehead atoms. The average Bonchev–Trinajstić information content (AvgIpc) is 2.37. The summed E-state index contributed by atoms with van der Waals surface area (Å²) in [4.78, 5) is 25.1. The number of nitrogens with one attached hydrogen (secondary N) is 2. The summed E-state index contributed by atoms with van der Waals surface area (Å²) in [5, 5.41) is 6.00. The lowest BCUT2D eigenvalue weighted by atomic mass is 10.2. The molecular formula is C11H21N7O. The molecule has 0 aromatic carbocycles. The number of primary amides is 1. The largest absolute Gasteiger partial charge is 0.370 e. The Hall–Kier alpha value is -2.12. The molecule has 0 unspecified atom stereocenters. The summed E-state index contributed by atoms with van der Waals surface area (Å²) in [6, 6.07) is 0. The SMILES string of the molecule is CNc1nc(NCCCCC(N)=O)nc(N(C)C)n1. The maximum Gasteiger partial charge on any atom is 0.231 e. The van der Waals surface area contributed by atoms with Gasteiger partial charge in [-0.1, -0.05) is 0 Å². The minimum atomic E-state index is -0.271. The van der Waals surface area contributed by atoms with Gasteiger partial charge in [-0.2, -0.15) is 15.0 Å². The van der Waals surface area contributed by atoms with Crippen LogP contribution in [0.25, 0.3) is 0 Å². The van der Waals surface area contributed by atoms with Crippen molar-refractivity contribution in [3.8, 4) is 0 Å². The Morgan fingerprint density at radius 3 is 2.47 bits per heavy atom. The molecule has 0 aliphatic carbocycles. The van der Waals surface area contributed by atoms with Crippen molar-refractivity contribution in [2.24, 2.45) is 5.73 Å². The second kappa shape index (κ2) is 7.34. The van der Waals surface area contributed by atoms with E-state index in [1.165, 1.54) is 0 Å². The highest BCUT2D eigenvalue weighted by molar-refractivity contribution is 5.73. The van der Waals surface area contributed by atoms with Crippen LogP contribution >= 0.6 is 0 Å². The average molecular weight is 267 g/mol. The number of hydrogen-bond donors (Lipinski definition) is 3. The lowest BCUT2D eigenvalue weighted by Crippen LogP contribution is -2.17. The van der Waals surface area contributed by atoms with Crippen LogP contribution in [-0.4, -0.2) is 48.5 Å². The normalized spacial score (nSPS) is 10.1. The van der Waals surface area contributed by atoms with E-state index in [9.17, 15) is 4.79 Å². The zero-order valence-electron chi connectivity index (χ0n) is 11.6. The standard InChI is InChI=1S/C11H21N7O/c1-13-9-15-10(17-11(16-9)18(2)3)14-7-5-4-6-8(12)19/h4-7H2,1-3H3,(H2,12,19)(H2,13,14,15,16,17). The zero-order chi connectivity index (χ0) is 14.3. The van der Waals surface area contributed by atoms with E-state index in [1.54, 1.807) is 11.9 Å². The highest BCUT2D eigenvalue weighted by atomic mass is 16.1. The topological polar surface area (TPSA) is 109 Å². The smallest absolute Gasteiger partial charge is 0.231 e. The van der Waals surface area contributed by atoms with E-state index in [4.69, 9.17) is 5.73 Å². The number of nitrogens with zero attached hydrogens (tertiary/aromatic N) is 4. The van der Waals surface area contributed by atoms with E-state index in [0.29, 0.717) is 30.8 Å². The van der Waals surface area contributed by atoms with Gasteiger partial charge in [0.05, 0.1) is 0 Å². The lowest BCUT2D eigenvalue weighted by Gasteiger charge is -2.13. The monoisotopic (exact) mass is 267 g/mol. The Labute approximate surface area is 112 Å². The molecule has 8 nitrogen and oxygen atoms in total. The van der Waals surface area contributed by atoms with Crippen LogP contribution in [0.4, 0.5) is 17.8 Å². The third-order valence-corrected chi connectivity index (χ3v) is 2.38. The number of unbranched alkanes of at least 4 members (excludes halogenated alkanes) is 1. The summed E-state index contributed by atoms with van der Waals surface area (Å²) in [6.07, 6.45) is 2.00. The van der Waals surface area contributed by atoms with E-state index < -0.39 is 0 Å². The predicted octanol–water partition coefficient (Wildman–Crippen LogP) is 0.0468. The van der Waals surface area contributed by atoms with E-state index in [2.05, 4.69) is 25.6 Å². The van der Waals surface area contributed by atoms with E-state index >= 15 is 0 Å². The molecule has 1 rings (SSSR count). The van der Waals surface area contributed by atoms with Crippen molar-refractivity contribution < 1.29 is 4.79 Å². The molecule has 0 saturated carbocycles. The molecule has 4 N–H and O–H groups in total. The molecular weight excluding hydrogens is 246 g/mol. The van der Waals surface area contributed by atoms with Crippen molar-refractivity contribution in [1.82, 2.24) is 15.0 Å². The van der Waals surface area contributed by atoms with Crippen LogP contribution in [-0.2, 0) is 4.79 Å². The van der Waals surface area contributed by atoms with Crippen molar-refractivity contribution >= 4 is 23.8 Å². The Balaban J connectivity index is 2.52. The van der Waals surface area contributed by atoms with Crippen molar-refractivity contribution in [2.75, 3.05) is 43.2 Å². The van der Waals surface area contributed by atoms with Gasteiger partial charge in [0.2, 0.25) is 23.8 Å². The minimum Gasteiger partial charge on any atom is -0.370 e. The number of anilines is 3. The first-order valence-corrected chi connectivity index (χ1v) is 6.16. The molecule has 0 spiro atoms. The summed E-state index contributed by atoms with van der Waals surface area (Å²) < 4.78 is 0. The lowest BCUT2D eigenvalue weighted by molar-refractivity contribution is -0.118. The van der Waals surface area contributed by atoms with E-state index in [1.807, 2.05) is 14.1 Å². The van der Waals surface area contributed by atoms with Crippen LogP contribution in [0.3, 0.4) is 0 Å². The maximum absolute atomic E-state index is 10.6. The van der Waals surface area contributed by atoms with Gasteiger partial charge < -0.3 is 21.3 Å². The third kappa shape index (κ3) is 5.36. The number of amides is 1. The fraction of sp³-hybridized carbons (Fsp3) is 0.636. The van der Waals surface area contributed by atoms with E-state index in [-0.39, 0.29) is 5.91 Å². The van der Waals surface area contributed by atoms with Crippen LogP contribution in [0.1, 0.15) is 19.3 Å². The van der Waals surface area contributed by atoms with Gasteiger partial charge in [-0.3, -0.25) is 4.79 Å². The van der Waals surface area contributed by atoms with Gasteiger partial charge in [0.25, 0.3) is 0 Å². The molecule has 8 heteroatoms. The van der Waals surface area contributed by atoms with Gasteiger partial charge in [-0.15, -0.1) is 0 Å². The summed E-state index contributed by atoms with van der Waals surface area (Å²) in [7, 11) is 5.49. The number of nitrogens with two attached hydrogens (primary N) is 1. The van der Waals surface area contributed by atoms with Crippen molar-refractivity contribution in [3.05, 3.63) is 0 Å². The summed E-state index contributed by atoms with van der Waals surface area (Å²) in [5.74, 6) is 1.34. The van der Waals surface area contributed by atoms with Crippen molar-refractivity contribution in [1.29, 1.82) is 0 Å². The van der Waals surface area contributed by atoms with Crippen LogP contribution in [0.15, 0.2) is 0 Å². The van der Waals surface area contributed by atoms with Gasteiger partial charge in [-0.05, 0) is 12.8 Å². The van der Waals surface area contributed by atoms with Crippen molar-refractivity contribution in [2.45, 2.75) is 19.3 Å². The molecule has 0 atom stereocenters. The molecule has 1 aromatic rings. The summed E-state index contributed by atoms with van der Waals surface area (Å²) in [6.45, 7) is 0.688. The molecule has 1 aromatic heterocycles. The molecule has 0 aliphatic rings. The number of carbonyl (C=O) groups is 1. The van der Waals surface area contributed by atoms with Crippen LogP contribution in [0, 0.1) is 0 Å². The molecule has 0 aliphatic heterocycles. The molecule has 0 fully saturated rings. The number of hydrogen-bond acceptors (Lipinski definition) is 7. The van der Waals surface area contributed by atoms with E-state index in [0.717, 1.165) is 12.8 Å². The summed E-state index contributed by atoms with van der Waals surface area (Å²) in [5.41, 5.74) is 5.07. The van der Waals surface area contributed by atoms with Gasteiger partial charge in [0.15, 0.2) is 0 Å². The highest BCUT2D eigenvalue weighted by Crippen LogP contribution is 2.10. The molecule has 0 radical (unpaired) electrons. The van der Waals surface area contributed by atoms with Crippen LogP contribution in [0.5, 0.6) is 0 Å². The third-order valence-electron chi connectivity index (χ3n) is 2.38. The second-order valence-electron chi connectivity index (χ2n) is 4.28. The molecule has 1 amide bonds. The van der Waals surface area contributed by atoms with Gasteiger partial charge >= 0.3 is 0 Å². The fourth-order valence-electron chi connectivity index (χ4n) is 1.38. The van der Waals surface area contributed by atoms with Gasteiger partial charge in [0.1, 0.15) is 0 Å². The molecule has 1 heterocycles. The molecule has 106 valence electrons. The first-order valence-electron chi connectivity index (χ1n) is 6.16. The first-order chi connectivity index (χ1) is 9.02. The number of aromatic nitrogens is 3. The maximum atomic E-state index is 10.6. The van der Waals surface area contributed by atoms with Gasteiger partial charge in [0, 0.05) is 34.1 Å². The Morgan fingerprint density at radius 1 is 1.21 bits per heavy atom. The number of rotatable bonds is 8. The Bertz CT molecular complexity index is 422. The zero-order valence-corrected chi connectivity index (χ0v) is 11.6. The quantitative estimate of drug-likeness (QED) is 0.571. The van der Waals surface area contributed by atoms with Gasteiger partial charge in [-0.25, -0.2) is 0 Å². The Kier molecular flexibility index (Phi) is 5.77. The van der Waals surface area contributed by atoms with Crippen LogP contribution < -0.4 is 21.3 Å². The second-order valence-corrected chi connectivity index (χ2v) is 4.28. The summed E-state index contributed by atoms with van der Waals surface area (Å²) >= 11 is 0.